The number of nitrogens with zero attached hydrogens (tertiary/aromatic N) is 1. The number of hydrogen-bond donors (Lipinski definition) is 0. The van der Waals surface area contributed by atoms with Crippen LogP contribution in [0, 0.1) is 3.57 Å². The second-order valence-corrected chi connectivity index (χ2v) is 5.04. The second kappa shape index (κ2) is 7.98. The third-order valence-electron chi connectivity index (χ3n) is 2.27. The van der Waals surface area contributed by atoms with Gasteiger partial charge in [0.2, 0.25) is 0 Å². The molecule has 0 bridgehead atoms. The maximum Gasteiger partial charge on any atom is 0.325 e. The average molecular weight is 377 g/mol. The van der Waals surface area contributed by atoms with Gasteiger partial charge in [0.05, 0.1) is 6.61 Å². The fraction of sp³-hybridized carbons (Fsp3) is 0.385. The lowest BCUT2D eigenvalue weighted by Gasteiger charge is -2.16. The van der Waals surface area contributed by atoms with Gasteiger partial charge in [-0.1, -0.05) is 0 Å². The Balaban J connectivity index is 2.38. The summed E-state index contributed by atoms with van der Waals surface area (Å²) >= 11 is 2.19. The largest absolute Gasteiger partial charge is 0.484 e. The summed E-state index contributed by atoms with van der Waals surface area (Å²) < 4.78 is 11.2. The van der Waals surface area contributed by atoms with Gasteiger partial charge in [-0.25, -0.2) is 0 Å². The van der Waals surface area contributed by atoms with E-state index in [1.807, 2.05) is 12.1 Å². The van der Waals surface area contributed by atoms with Gasteiger partial charge in [0.25, 0.3) is 5.91 Å². The molecule has 0 aliphatic carbocycles. The molecule has 0 N–H and O–H groups in total. The van der Waals surface area contributed by atoms with E-state index in [1.165, 1.54) is 11.9 Å². The van der Waals surface area contributed by atoms with Gasteiger partial charge in [-0.2, -0.15) is 0 Å². The molecule has 0 saturated heterocycles. The highest BCUT2D eigenvalue weighted by atomic mass is 127. The van der Waals surface area contributed by atoms with Crippen molar-refractivity contribution in [1.29, 1.82) is 0 Å². The fourth-order valence-corrected chi connectivity index (χ4v) is 1.63. The first kappa shape index (κ1) is 15.7. The van der Waals surface area contributed by atoms with Crippen molar-refractivity contribution in [3.63, 3.8) is 0 Å². The van der Waals surface area contributed by atoms with Gasteiger partial charge >= 0.3 is 5.97 Å². The number of hydrogen-bond acceptors (Lipinski definition) is 4. The van der Waals surface area contributed by atoms with Gasteiger partial charge in [-0.3, -0.25) is 9.59 Å². The molecule has 1 aromatic rings. The number of halogens is 1. The first-order valence-electron chi connectivity index (χ1n) is 5.81. The standard InChI is InChI=1S/C13H16INO4/c1-3-18-13(17)8-15(2)12(16)9-19-11-6-4-10(14)5-7-11/h4-7H,3,8-9H2,1-2H3. The van der Waals surface area contributed by atoms with Crippen molar-refractivity contribution in [2.45, 2.75) is 6.92 Å². The lowest BCUT2D eigenvalue weighted by atomic mass is 10.3. The van der Waals surface area contributed by atoms with E-state index in [-0.39, 0.29) is 19.1 Å². The lowest BCUT2D eigenvalue weighted by Crippen LogP contribution is -2.36. The highest BCUT2D eigenvalue weighted by Crippen LogP contribution is 2.13. The first-order valence-corrected chi connectivity index (χ1v) is 6.88. The van der Waals surface area contributed by atoms with Gasteiger partial charge < -0.3 is 14.4 Å². The summed E-state index contributed by atoms with van der Waals surface area (Å²) in [5, 5.41) is 0. The van der Waals surface area contributed by atoms with Crippen LogP contribution in [0.5, 0.6) is 5.75 Å². The zero-order valence-corrected chi connectivity index (χ0v) is 13.0. The minimum atomic E-state index is -0.424. The molecule has 1 rings (SSSR count). The first-order chi connectivity index (χ1) is 9.02. The number of esters is 1. The molecule has 1 amide bonds. The van der Waals surface area contributed by atoms with Gasteiger partial charge in [-0.05, 0) is 53.8 Å². The number of rotatable bonds is 6. The molecular weight excluding hydrogens is 361 g/mol. The predicted molar refractivity (Wildman–Crippen MR) is 78.9 cm³/mol. The summed E-state index contributed by atoms with van der Waals surface area (Å²) in [5.41, 5.74) is 0. The number of carbonyl (C=O) groups is 2. The van der Waals surface area contributed by atoms with E-state index < -0.39 is 5.97 Å². The fourth-order valence-electron chi connectivity index (χ4n) is 1.27. The van der Waals surface area contributed by atoms with Crippen molar-refractivity contribution >= 4 is 34.5 Å². The molecule has 6 heteroatoms. The molecule has 0 fully saturated rings. The van der Waals surface area contributed by atoms with E-state index >= 15 is 0 Å². The Morgan fingerprint density at radius 1 is 1.26 bits per heavy atom. The summed E-state index contributed by atoms with van der Waals surface area (Å²) in [6.45, 7) is 1.86. The van der Waals surface area contributed by atoms with E-state index in [9.17, 15) is 9.59 Å². The van der Waals surface area contributed by atoms with Gasteiger partial charge in [-0.15, -0.1) is 0 Å². The molecule has 0 aliphatic heterocycles. The molecule has 0 unspecified atom stereocenters. The van der Waals surface area contributed by atoms with Crippen molar-refractivity contribution in [3.8, 4) is 5.75 Å². The zero-order valence-electron chi connectivity index (χ0n) is 10.9. The Morgan fingerprint density at radius 2 is 1.89 bits per heavy atom. The smallest absolute Gasteiger partial charge is 0.325 e. The monoisotopic (exact) mass is 377 g/mol. The van der Waals surface area contributed by atoms with Gasteiger partial charge in [0.1, 0.15) is 12.3 Å². The number of carbonyl (C=O) groups excluding carboxylic acids is 2. The summed E-state index contributed by atoms with van der Waals surface area (Å²) in [6, 6.07) is 7.37. The van der Waals surface area contributed by atoms with Crippen LogP contribution in [0.25, 0.3) is 0 Å². The van der Waals surface area contributed by atoms with Crippen molar-refractivity contribution in [2.24, 2.45) is 0 Å². The van der Waals surface area contributed by atoms with Crippen molar-refractivity contribution in [2.75, 3.05) is 26.8 Å². The minimum absolute atomic E-state index is 0.0667. The van der Waals surface area contributed by atoms with Crippen LogP contribution < -0.4 is 4.74 Å². The molecule has 0 atom stereocenters. The zero-order chi connectivity index (χ0) is 14.3. The number of likely N-dealkylation sites (N-methyl/N-ethyl adjacent to an activating group) is 1. The quantitative estimate of drug-likeness (QED) is 0.560. The second-order valence-electron chi connectivity index (χ2n) is 3.80. The molecule has 0 aliphatic rings. The van der Waals surface area contributed by atoms with Crippen LogP contribution >= 0.6 is 22.6 Å². The Hall–Kier alpha value is -1.31. The Morgan fingerprint density at radius 3 is 2.47 bits per heavy atom. The molecule has 0 spiro atoms. The lowest BCUT2D eigenvalue weighted by molar-refractivity contribution is -0.148. The summed E-state index contributed by atoms with van der Waals surface area (Å²) in [7, 11) is 1.54. The molecule has 0 aromatic heterocycles. The van der Waals surface area contributed by atoms with Crippen LogP contribution in [0.4, 0.5) is 0 Å². The van der Waals surface area contributed by atoms with Crippen LogP contribution in [-0.2, 0) is 14.3 Å². The number of amides is 1. The third-order valence-corrected chi connectivity index (χ3v) is 2.99. The highest BCUT2D eigenvalue weighted by Gasteiger charge is 2.14. The van der Waals surface area contributed by atoms with Crippen LogP contribution in [0.2, 0.25) is 0 Å². The van der Waals surface area contributed by atoms with Crippen molar-refractivity contribution < 1.29 is 19.1 Å². The summed E-state index contributed by atoms with van der Waals surface area (Å²) in [4.78, 5) is 24.2. The van der Waals surface area contributed by atoms with Crippen LogP contribution in [0.15, 0.2) is 24.3 Å². The van der Waals surface area contributed by atoms with Crippen LogP contribution in [-0.4, -0.2) is 43.6 Å². The number of ether oxygens (including phenoxy) is 2. The molecule has 0 heterocycles. The molecule has 1 aromatic carbocycles. The SMILES string of the molecule is CCOC(=O)CN(C)C(=O)COc1ccc(I)cc1. The van der Waals surface area contributed by atoms with Crippen LogP contribution in [0.3, 0.4) is 0 Å². The van der Waals surface area contributed by atoms with Gasteiger partial charge in [0, 0.05) is 10.6 Å². The minimum Gasteiger partial charge on any atom is -0.484 e. The summed E-state index contributed by atoms with van der Waals surface area (Å²) in [5.74, 6) is -0.0717. The molecule has 0 saturated carbocycles. The maximum atomic E-state index is 11.7. The van der Waals surface area contributed by atoms with E-state index in [2.05, 4.69) is 22.6 Å². The highest BCUT2D eigenvalue weighted by molar-refractivity contribution is 14.1. The average Bonchev–Trinajstić information content (AvgIpc) is 2.37. The van der Waals surface area contributed by atoms with E-state index in [1.54, 1.807) is 19.1 Å². The summed E-state index contributed by atoms with van der Waals surface area (Å²) in [6.07, 6.45) is 0. The Bertz CT molecular complexity index is 433. The van der Waals surface area contributed by atoms with E-state index in [0.29, 0.717) is 12.4 Å². The Kier molecular flexibility index (Phi) is 6.61. The molecular formula is C13H16INO4. The normalized spacial score (nSPS) is 9.84. The predicted octanol–water partition coefficient (Wildman–Crippen LogP) is 1.69. The van der Waals surface area contributed by atoms with E-state index in [4.69, 9.17) is 9.47 Å². The topological polar surface area (TPSA) is 55.8 Å². The Labute approximate surface area is 126 Å². The van der Waals surface area contributed by atoms with E-state index in [0.717, 1.165) is 3.57 Å². The molecule has 5 nitrogen and oxygen atoms in total. The van der Waals surface area contributed by atoms with Gasteiger partial charge in [0.15, 0.2) is 6.61 Å². The van der Waals surface area contributed by atoms with Crippen LogP contribution in [0.1, 0.15) is 6.92 Å². The van der Waals surface area contributed by atoms with Crippen molar-refractivity contribution in [3.05, 3.63) is 27.8 Å². The molecule has 0 radical (unpaired) electrons. The third kappa shape index (κ3) is 5.91. The van der Waals surface area contributed by atoms with Crippen molar-refractivity contribution in [1.82, 2.24) is 4.90 Å². The number of benzene rings is 1. The molecule has 19 heavy (non-hydrogen) atoms. The molecule has 104 valence electrons. The maximum absolute atomic E-state index is 11.7.